The number of nitrogens with one attached hydrogen (secondary N) is 1. The quantitative estimate of drug-likeness (QED) is 0.761. The molecule has 110 valence electrons. The van der Waals surface area contributed by atoms with Crippen molar-refractivity contribution in [3.63, 3.8) is 0 Å². The van der Waals surface area contributed by atoms with E-state index in [1.165, 1.54) is 25.7 Å². The summed E-state index contributed by atoms with van der Waals surface area (Å²) in [6.45, 7) is 1.41. The van der Waals surface area contributed by atoms with E-state index in [0.717, 1.165) is 37.1 Å². The Morgan fingerprint density at radius 2 is 1.84 bits per heavy atom. The van der Waals surface area contributed by atoms with Crippen LogP contribution in [0.3, 0.4) is 0 Å². The summed E-state index contributed by atoms with van der Waals surface area (Å²) in [5.74, 6) is 3.14. The molecule has 3 aliphatic rings. The summed E-state index contributed by atoms with van der Waals surface area (Å²) in [5.41, 5.74) is 5.55. The van der Waals surface area contributed by atoms with Gasteiger partial charge in [0, 0.05) is 12.1 Å². The van der Waals surface area contributed by atoms with Crippen LogP contribution in [-0.4, -0.2) is 38.6 Å². The molecule has 0 aromatic rings. The summed E-state index contributed by atoms with van der Waals surface area (Å²) in [4.78, 5) is 0. The first-order valence-corrected chi connectivity index (χ1v) is 9.51. The highest BCUT2D eigenvalue weighted by atomic mass is 32.2. The molecule has 0 amide bonds. The summed E-state index contributed by atoms with van der Waals surface area (Å²) in [7, 11) is -2.90. The molecule has 3 rings (SSSR count). The van der Waals surface area contributed by atoms with Gasteiger partial charge in [0.1, 0.15) is 0 Å². The Balaban J connectivity index is 1.62. The van der Waals surface area contributed by atoms with Gasteiger partial charge in [-0.1, -0.05) is 0 Å². The van der Waals surface area contributed by atoms with Gasteiger partial charge in [0.25, 0.3) is 0 Å². The van der Waals surface area contributed by atoms with Crippen molar-refractivity contribution in [3.8, 4) is 0 Å². The van der Waals surface area contributed by atoms with E-state index in [1.54, 1.807) is 0 Å². The van der Waals surface area contributed by atoms with Gasteiger partial charge >= 0.3 is 0 Å². The van der Waals surface area contributed by atoms with Gasteiger partial charge in [0.15, 0.2) is 9.84 Å². The first-order chi connectivity index (χ1) is 9.04. The Labute approximate surface area is 116 Å². The van der Waals surface area contributed by atoms with Crippen molar-refractivity contribution in [2.45, 2.75) is 44.1 Å². The lowest BCUT2D eigenvalue weighted by Crippen LogP contribution is -2.59. The fourth-order valence-electron chi connectivity index (χ4n) is 3.67. The maximum absolute atomic E-state index is 11.9. The molecule has 3 fully saturated rings. The SMILES string of the molecule is NCC1(NCC(C2CC2)C2CC2)CCCS(=O)(=O)C1. The molecule has 4 nitrogen and oxygen atoms in total. The minimum Gasteiger partial charge on any atom is -0.329 e. The van der Waals surface area contributed by atoms with Crippen LogP contribution in [0, 0.1) is 17.8 Å². The molecule has 2 aliphatic carbocycles. The number of nitrogens with two attached hydrogens (primary N) is 1. The minimum absolute atomic E-state index is 0.235. The Kier molecular flexibility index (Phi) is 3.65. The molecule has 5 heteroatoms. The highest BCUT2D eigenvalue weighted by Crippen LogP contribution is 2.49. The van der Waals surface area contributed by atoms with E-state index in [0.29, 0.717) is 12.3 Å². The van der Waals surface area contributed by atoms with E-state index in [1.807, 2.05) is 0 Å². The summed E-state index contributed by atoms with van der Waals surface area (Å²) in [6.07, 6.45) is 7.15. The molecule has 0 spiro atoms. The third kappa shape index (κ3) is 3.31. The lowest BCUT2D eigenvalue weighted by Gasteiger charge is -2.38. The summed E-state index contributed by atoms with van der Waals surface area (Å²) >= 11 is 0. The molecule has 0 radical (unpaired) electrons. The molecule has 1 saturated heterocycles. The molecule has 1 atom stereocenters. The Bertz CT molecular complexity index is 417. The van der Waals surface area contributed by atoms with Crippen LogP contribution >= 0.6 is 0 Å². The van der Waals surface area contributed by atoms with Crippen LogP contribution < -0.4 is 11.1 Å². The average Bonchev–Trinajstić information content (AvgIpc) is 3.22. The maximum Gasteiger partial charge on any atom is 0.152 e. The molecule has 19 heavy (non-hydrogen) atoms. The molecular formula is C14H26N2O2S. The Morgan fingerprint density at radius 3 is 2.32 bits per heavy atom. The third-order valence-corrected chi connectivity index (χ3v) is 7.07. The van der Waals surface area contributed by atoms with Gasteiger partial charge in [-0.15, -0.1) is 0 Å². The fourth-order valence-corrected chi connectivity index (χ4v) is 5.60. The Hall–Kier alpha value is -0.130. The average molecular weight is 286 g/mol. The molecule has 0 bridgehead atoms. The molecule has 1 aliphatic heterocycles. The third-order valence-electron chi connectivity index (χ3n) is 5.17. The standard InChI is InChI=1S/C14H26N2O2S/c15-9-14(6-1-7-19(17,18)10-14)16-8-13(11-2-3-11)12-4-5-12/h11-13,16H,1-10,15H2. The normalized spacial score (nSPS) is 34.6. The van der Waals surface area contributed by atoms with Crippen LogP contribution in [0.2, 0.25) is 0 Å². The molecule has 1 unspecified atom stereocenters. The highest BCUT2D eigenvalue weighted by Gasteiger charge is 2.43. The molecular weight excluding hydrogens is 260 g/mol. The Morgan fingerprint density at radius 1 is 1.21 bits per heavy atom. The molecule has 2 saturated carbocycles. The van der Waals surface area contributed by atoms with E-state index in [2.05, 4.69) is 5.32 Å². The number of rotatable bonds is 6. The second-order valence-corrected chi connectivity index (χ2v) is 9.08. The first kappa shape index (κ1) is 13.8. The van der Waals surface area contributed by atoms with Gasteiger partial charge in [-0.2, -0.15) is 0 Å². The predicted molar refractivity (Wildman–Crippen MR) is 76.6 cm³/mol. The van der Waals surface area contributed by atoms with Crippen molar-refractivity contribution in [1.29, 1.82) is 0 Å². The second-order valence-electron chi connectivity index (χ2n) is 6.90. The highest BCUT2D eigenvalue weighted by molar-refractivity contribution is 7.91. The zero-order chi connectivity index (χ0) is 13.5. The fraction of sp³-hybridized carbons (Fsp3) is 1.00. The lowest BCUT2D eigenvalue weighted by atomic mass is 9.92. The summed E-state index contributed by atoms with van der Waals surface area (Å²) in [6, 6.07) is 0. The largest absolute Gasteiger partial charge is 0.329 e. The van der Waals surface area contributed by atoms with Crippen LogP contribution in [0.5, 0.6) is 0 Å². The maximum atomic E-state index is 11.9. The minimum atomic E-state index is -2.90. The van der Waals surface area contributed by atoms with Crippen molar-refractivity contribution < 1.29 is 8.42 Å². The van der Waals surface area contributed by atoms with Crippen LogP contribution in [-0.2, 0) is 9.84 Å². The van der Waals surface area contributed by atoms with Gasteiger partial charge in [0.2, 0.25) is 0 Å². The number of hydrogen-bond donors (Lipinski definition) is 2. The number of sulfone groups is 1. The van der Waals surface area contributed by atoms with Crippen molar-refractivity contribution >= 4 is 9.84 Å². The topological polar surface area (TPSA) is 72.2 Å². The zero-order valence-electron chi connectivity index (χ0n) is 11.6. The second kappa shape index (κ2) is 5.01. The van der Waals surface area contributed by atoms with Crippen LogP contribution in [0.1, 0.15) is 38.5 Å². The number of hydrogen-bond acceptors (Lipinski definition) is 4. The van der Waals surface area contributed by atoms with Gasteiger partial charge < -0.3 is 11.1 Å². The predicted octanol–water partition coefficient (Wildman–Crippen LogP) is 0.918. The molecule has 0 aromatic carbocycles. The first-order valence-electron chi connectivity index (χ1n) is 7.69. The van der Waals surface area contributed by atoms with Crippen LogP contribution in [0.15, 0.2) is 0 Å². The lowest BCUT2D eigenvalue weighted by molar-refractivity contribution is 0.277. The van der Waals surface area contributed by atoms with Crippen LogP contribution in [0.25, 0.3) is 0 Å². The molecule has 3 N–H and O–H groups in total. The van der Waals surface area contributed by atoms with E-state index in [4.69, 9.17) is 5.73 Å². The molecule has 0 aromatic heterocycles. The van der Waals surface area contributed by atoms with Crippen molar-refractivity contribution in [2.24, 2.45) is 23.5 Å². The van der Waals surface area contributed by atoms with E-state index >= 15 is 0 Å². The molecule has 1 heterocycles. The van der Waals surface area contributed by atoms with Gasteiger partial charge in [-0.05, 0) is 62.8 Å². The van der Waals surface area contributed by atoms with Gasteiger partial charge in [0.05, 0.1) is 11.5 Å². The van der Waals surface area contributed by atoms with E-state index < -0.39 is 9.84 Å². The van der Waals surface area contributed by atoms with Crippen molar-refractivity contribution in [1.82, 2.24) is 5.32 Å². The summed E-state index contributed by atoms with van der Waals surface area (Å²) in [5, 5.41) is 3.58. The monoisotopic (exact) mass is 286 g/mol. The van der Waals surface area contributed by atoms with E-state index in [9.17, 15) is 8.42 Å². The van der Waals surface area contributed by atoms with Gasteiger partial charge in [-0.25, -0.2) is 8.42 Å². The van der Waals surface area contributed by atoms with Crippen molar-refractivity contribution in [3.05, 3.63) is 0 Å². The van der Waals surface area contributed by atoms with Crippen molar-refractivity contribution in [2.75, 3.05) is 24.6 Å². The van der Waals surface area contributed by atoms with Crippen LogP contribution in [0.4, 0.5) is 0 Å². The smallest absolute Gasteiger partial charge is 0.152 e. The van der Waals surface area contributed by atoms with E-state index in [-0.39, 0.29) is 11.3 Å². The summed E-state index contributed by atoms with van der Waals surface area (Å²) < 4.78 is 23.7. The zero-order valence-corrected chi connectivity index (χ0v) is 12.4. The van der Waals surface area contributed by atoms with Gasteiger partial charge in [-0.3, -0.25) is 0 Å².